The van der Waals surface area contributed by atoms with Crippen molar-refractivity contribution < 1.29 is 4.79 Å². The van der Waals surface area contributed by atoms with Crippen LogP contribution in [0.2, 0.25) is 0 Å². The molecule has 1 unspecified atom stereocenters. The number of nitrogens with zero attached hydrogens (tertiary/aromatic N) is 2. The summed E-state index contributed by atoms with van der Waals surface area (Å²) in [5.74, 6) is 0.962. The molecule has 1 amide bonds. The lowest BCUT2D eigenvalue weighted by molar-refractivity contribution is -0.132. The Morgan fingerprint density at radius 1 is 1.32 bits per heavy atom. The molecule has 0 radical (unpaired) electrons. The number of carbonyl (C=O) groups excluding carboxylic acids is 1. The minimum atomic E-state index is -0.311. The second-order valence-corrected chi connectivity index (χ2v) is 4.92. The second kappa shape index (κ2) is 5.77. The molecular formula is C13H21N5O. The molecule has 6 heteroatoms. The summed E-state index contributed by atoms with van der Waals surface area (Å²) < 4.78 is 0. The molecular weight excluding hydrogens is 242 g/mol. The first-order chi connectivity index (χ1) is 9.08. The summed E-state index contributed by atoms with van der Waals surface area (Å²) in [5.41, 5.74) is 11.7. The van der Waals surface area contributed by atoms with Crippen LogP contribution in [-0.2, 0) is 4.79 Å². The van der Waals surface area contributed by atoms with Crippen molar-refractivity contribution in [2.24, 2.45) is 0 Å². The number of piperidine rings is 1. The average Bonchev–Trinajstić information content (AvgIpc) is 2.43. The molecule has 6 nitrogen and oxygen atoms in total. The van der Waals surface area contributed by atoms with E-state index in [1.54, 1.807) is 12.1 Å². The van der Waals surface area contributed by atoms with Crippen LogP contribution in [0.15, 0.2) is 12.1 Å². The maximum absolute atomic E-state index is 12.2. The maximum atomic E-state index is 12.2. The Morgan fingerprint density at radius 2 is 2.00 bits per heavy atom. The molecule has 0 aromatic carbocycles. The fraction of sp³-hybridized carbons (Fsp3) is 0.538. The fourth-order valence-corrected chi connectivity index (χ4v) is 2.24. The molecule has 1 aliphatic rings. The van der Waals surface area contributed by atoms with E-state index in [1.165, 1.54) is 6.42 Å². The van der Waals surface area contributed by atoms with Crippen molar-refractivity contribution in [1.29, 1.82) is 0 Å². The summed E-state index contributed by atoms with van der Waals surface area (Å²) in [6, 6.07) is 3.10. The van der Waals surface area contributed by atoms with Crippen LogP contribution in [0.5, 0.6) is 0 Å². The molecule has 2 rings (SSSR count). The van der Waals surface area contributed by atoms with Gasteiger partial charge in [0.25, 0.3) is 0 Å². The summed E-state index contributed by atoms with van der Waals surface area (Å²) in [4.78, 5) is 18.2. The SMILES string of the molecule is CC(Nc1ccc(N)c(N)n1)C(=O)N1CCCCC1. The van der Waals surface area contributed by atoms with Gasteiger partial charge < -0.3 is 21.7 Å². The number of amides is 1. The van der Waals surface area contributed by atoms with E-state index in [0.29, 0.717) is 11.5 Å². The summed E-state index contributed by atoms with van der Waals surface area (Å²) >= 11 is 0. The predicted molar refractivity (Wildman–Crippen MR) is 76.6 cm³/mol. The van der Waals surface area contributed by atoms with Crippen LogP contribution in [-0.4, -0.2) is 34.9 Å². The first-order valence-corrected chi connectivity index (χ1v) is 6.65. The largest absolute Gasteiger partial charge is 0.396 e. The summed E-state index contributed by atoms with van der Waals surface area (Å²) in [6.45, 7) is 3.54. The highest BCUT2D eigenvalue weighted by molar-refractivity contribution is 5.84. The molecule has 0 aliphatic carbocycles. The lowest BCUT2D eigenvalue weighted by Crippen LogP contribution is -2.44. The molecule has 19 heavy (non-hydrogen) atoms. The van der Waals surface area contributed by atoms with E-state index in [9.17, 15) is 4.79 Å². The van der Waals surface area contributed by atoms with Crippen LogP contribution in [0, 0.1) is 0 Å². The minimum absolute atomic E-state index is 0.108. The lowest BCUT2D eigenvalue weighted by Gasteiger charge is -2.29. The number of carbonyl (C=O) groups is 1. The molecule has 2 heterocycles. The van der Waals surface area contributed by atoms with E-state index in [2.05, 4.69) is 10.3 Å². The van der Waals surface area contributed by atoms with Crippen molar-refractivity contribution in [2.75, 3.05) is 29.9 Å². The monoisotopic (exact) mass is 263 g/mol. The van der Waals surface area contributed by atoms with Gasteiger partial charge in [-0.15, -0.1) is 0 Å². The number of hydrogen-bond acceptors (Lipinski definition) is 5. The standard InChI is InChI=1S/C13H21N5O/c1-9(13(19)18-7-3-2-4-8-18)16-11-6-5-10(14)12(15)17-11/h5-6,9H,2-4,7-8,14H2,1H3,(H3,15,16,17). The van der Waals surface area contributed by atoms with Crippen molar-refractivity contribution in [3.63, 3.8) is 0 Å². The number of likely N-dealkylation sites (tertiary alicyclic amines) is 1. The first kappa shape index (κ1) is 13.5. The van der Waals surface area contributed by atoms with Gasteiger partial charge in [0.1, 0.15) is 17.7 Å². The van der Waals surface area contributed by atoms with Gasteiger partial charge in [-0.2, -0.15) is 0 Å². The third-order valence-corrected chi connectivity index (χ3v) is 3.36. The van der Waals surface area contributed by atoms with Crippen molar-refractivity contribution >= 4 is 23.2 Å². The Morgan fingerprint density at radius 3 is 2.63 bits per heavy atom. The molecule has 1 aliphatic heterocycles. The molecule has 1 fully saturated rings. The van der Waals surface area contributed by atoms with Gasteiger partial charge in [-0.25, -0.2) is 4.98 Å². The highest BCUT2D eigenvalue weighted by Gasteiger charge is 2.22. The van der Waals surface area contributed by atoms with Crippen LogP contribution in [0.3, 0.4) is 0 Å². The fourth-order valence-electron chi connectivity index (χ4n) is 2.24. The molecule has 0 bridgehead atoms. The zero-order valence-corrected chi connectivity index (χ0v) is 11.2. The van der Waals surface area contributed by atoms with Gasteiger partial charge in [0.15, 0.2) is 0 Å². The van der Waals surface area contributed by atoms with E-state index in [4.69, 9.17) is 11.5 Å². The van der Waals surface area contributed by atoms with E-state index >= 15 is 0 Å². The van der Waals surface area contributed by atoms with Crippen molar-refractivity contribution in [1.82, 2.24) is 9.88 Å². The van der Waals surface area contributed by atoms with E-state index < -0.39 is 0 Å². The Balaban J connectivity index is 1.97. The molecule has 1 atom stereocenters. The smallest absolute Gasteiger partial charge is 0.244 e. The van der Waals surface area contributed by atoms with Gasteiger partial charge in [0, 0.05) is 13.1 Å². The third-order valence-electron chi connectivity index (χ3n) is 3.36. The molecule has 1 aromatic rings. The number of aromatic nitrogens is 1. The molecule has 0 spiro atoms. The summed E-state index contributed by atoms with van der Waals surface area (Å²) in [7, 11) is 0. The number of nitrogens with one attached hydrogen (secondary N) is 1. The number of hydrogen-bond donors (Lipinski definition) is 3. The van der Waals surface area contributed by atoms with E-state index in [1.807, 2.05) is 11.8 Å². The third kappa shape index (κ3) is 3.27. The van der Waals surface area contributed by atoms with Gasteiger partial charge in [-0.1, -0.05) is 0 Å². The Labute approximate surface area is 113 Å². The minimum Gasteiger partial charge on any atom is -0.396 e. The van der Waals surface area contributed by atoms with Gasteiger partial charge >= 0.3 is 0 Å². The number of nitrogen functional groups attached to an aromatic ring is 2. The number of pyridine rings is 1. The summed E-state index contributed by atoms with van der Waals surface area (Å²) in [6.07, 6.45) is 3.39. The zero-order chi connectivity index (χ0) is 13.8. The Kier molecular flexibility index (Phi) is 4.09. The van der Waals surface area contributed by atoms with Crippen molar-refractivity contribution in [3.05, 3.63) is 12.1 Å². The highest BCUT2D eigenvalue weighted by Crippen LogP contribution is 2.16. The van der Waals surface area contributed by atoms with Crippen molar-refractivity contribution in [3.8, 4) is 0 Å². The van der Waals surface area contributed by atoms with Crippen LogP contribution in [0.25, 0.3) is 0 Å². The lowest BCUT2D eigenvalue weighted by atomic mass is 10.1. The molecule has 104 valence electrons. The normalized spacial score (nSPS) is 17.0. The zero-order valence-electron chi connectivity index (χ0n) is 11.2. The molecule has 5 N–H and O–H groups in total. The number of nitrogens with two attached hydrogens (primary N) is 2. The van der Waals surface area contributed by atoms with Crippen LogP contribution < -0.4 is 16.8 Å². The quantitative estimate of drug-likeness (QED) is 0.757. The summed E-state index contributed by atoms with van der Waals surface area (Å²) in [5, 5.41) is 3.07. The average molecular weight is 263 g/mol. The second-order valence-electron chi connectivity index (χ2n) is 4.92. The Bertz CT molecular complexity index is 456. The molecule has 1 aromatic heterocycles. The van der Waals surface area contributed by atoms with Crippen LogP contribution in [0.1, 0.15) is 26.2 Å². The highest BCUT2D eigenvalue weighted by atomic mass is 16.2. The van der Waals surface area contributed by atoms with Crippen LogP contribution >= 0.6 is 0 Å². The Hall–Kier alpha value is -1.98. The topological polar surface area (TPSA) is 97.3 Å². The number of rotatable bonds is 3. The van der Waals surface area contributed by atoms with Gasteiger partial charge in [0.05, 0.1) is 5.69 Å². The van der Waals surface area contributed by atoms with Crippen molar-refractivity contribution in [2.45, 2.75) is 32.2 Å². The van der Waals surface area contributed by atoms with Gasteiger partial charge in [0.2, 0.25) is 5.91 Å². The van der Waals surface area contributed by atoms with E-state index in [0.717, 1.165) is 25.9 Å². The van der Waals surface area contributed by atoms with Gasteiger partial charge in [-0.05, 0) is 38.3 Å². The predicted octanol–water partition coefficient (Wildman–Crippen LogP) is 1.06. The van der Waals surface area contributed by atoms with Crippen LogP contribution in [0.4, 0.5) is 17.3 Å². The molecule has 1 saturated heterocycles. The molecule has 0 saturated carbocycles. The van der Waals surface area contributed by atoms with Gasteiger partial charge in [-0.3, -0.25) is 4.79 Å². The maximum Gasteiger partial charge on any atom is 0.244 e. The number of anilines is 3. The van der Waals surface area contributed by atoms with E-state index in [-0.39, 0.29) is 17.8 Å². The first-order valence-electron chi connectivity index (χ1n) is 6.65.